The number of methoxy groups -OCH3 is 2. The molecule has 0 aromatic heterocycles. The average molecular weight is 309 g/mol. The van der Waals surface area contributed by atoms with E-state index in [0.717, 1.165) is 5.56 Å². The molecule has 21 heavy (non-hydrogen) atoms. The van der Waals surface area contributed by atoms with Crippen LogP contribution in [0.1, 0.15) is 18.4 Å². The highest BCUT2D eigenvalue weighted by Crippen LogP contribution is 2.62. The predicted molar refractivity (Wildman–Crippen MR) is 78.9 cm³/mol. The Balaban J connectivity index is 2.42. The Morgan fingerprint density at radius 1 is 1.29 bits per heavy atom. The largest absolute Gasteiger partial charge is 0.497 e. The molecule has 0 radical (unpaired) electrons. The van der Waals surface area contributed by atoms with Gasteiger partial charge < -0.3 is 9.47 Å². The fourth-order valence-corrected chi connectivity index (χ4v) is 4.98. The van der Waals surface area contributed by atoms with Crippen molar-refractivity contribution in [1.82, 2.24) is 0 Å². The fraction of sp³-hybridized carbons (Fsp3) is 0.533. The lowest BCUT2D eigenvalue weighted by Gasteiger charge is -2.07. The van der Waals surface area contributed by atoms with Crippen molar-refractivity contribution >= 4 is 9.84 Å². The molecule has 1 saturated carbocycles. The number of nitrogens with zero attached hydrogens (tertiary/aromatic N) is 1. The standard InChI is InChI=1S/C15H19NO4S/c1-4-21(17,18)14-13(15(14,9-16)10-19-2)11-5-7-12(20-3)8-6-11/h5-8,13-14H,4,10H2,1-3H3/t13-,14-,15+/m1/s1. The second kappa shape index (κ2) is 5.66. The summed E-state index contributed by atoms with van der Waals surface area (Å²) in [7, 11) is -0.259. The number of rotatable bonds is 6. The summed E-state index contributed by atoms with van der Waals surface area (Å²) in [5, 5.41) is 8.83. The number of hydrogen-bond acceptors (Lipinski definition) is 5. The van der Waals surface area contributed by atoms with Crippen LogP contribution in [0.2, 0.25) is 0 Å². The van der Waals surface area contributed by atoms with E-state index in [9.17, 15) is 13.7 Å². The molecule has 1 fully saturated rings. The predicted octanol–water partition coefficient (Wildman–Crippen LogP) is 1.75. The number of hydrogen-bond donors (Lipinski definition) is 0. The van der Waals surface area contributed by atoms with E-state index >= 15 is 0 Å². The van der Waals surface area contributed by atoms with Gasteiger partial charge in [0.2, 0.25) is 0 Å². The lowest BCUT2D eigenvalue weighted by atomic mass is 10.0. The van der Waals surface area contributed by atoms with Crippen molar-refractivity contribution in [2.45, 2.75) is 18.1 Å². The summed E-state index contributed by atoms with van der Waals surface area (Å²) < 4.78 is 34.8. The van der Waals surface area contributed by atoms with Crippen molar-refractivity contribution in [1.29, 1.82) is 5.26 Å². The maximum atomic E-state index is 12.3. The third-order valence-electron chi connectivity index (χ3n) is 4.11. The molecule has 0 aliphatic heterocycles. The number of nitriles is 1. The van der Waals surface area contributed by atoms with Crippen molar-refractivity contribution < 1.29 is 17.9 Å². The quantitative estimate of drug-likeness (QED) is 0.800. The molecular weight excluding hydrogens is 290 g/mol. The molecule has 5 nitrogen and oxygen atoms in total. The van der Waals surface area contributed by atoms with Gasteiger partial charge in [-0.2, -0.15) is 5.26 Å². The smallest absolute Gasteiger partial charge is 0.155 e. The molecule has 114 valence electrons. The van der Waals surface area contributed by atoms with E-state index in [2.05, 4.69) is 6.07 Å². The molecule has 1 aliphatic carbocycles. The number of ether oxygens (including phenoxy) is 2. The van der Waals surface area contributed by atoms with Crippen LogP contribution in [0.5, 0.6) is 5.75 Å². The Hall–Kier alpha value is -1.58. The minimum atomic E-state index is -3.31. The van der Waals surface area contributed by atoms with Gasteiger partial charge in [0.25, 0.3) is 0 Å². The molecule has 0 bridgehead atoms. The van der Waals surface area contributed by atoms with Crippen LogP contribution in [0, 0.1) is 16.7 Å². The molecule has 1 aliphatic rings. The molecule has 0 spiro atoms. The summed E-state index contributed by atoms with van der Waals surface area (Å²) in [4.78, 5) is 0. The van der Waals surface area contributed by atoms with E-state index in [1.165, 1.54) is 7.11 Å². The lowest BCUT2D eigenvalue weighted by Crippen LogP contribution is -2.20. The zero-order chi connectivity index (χ0) is 15.7. The van der Waals surface area contributed by atoms with Crippen LogP contribution in [0.15, 0.2) is 24.3 Å². The first-order valence-electron chi connectivity index (χ1n) is 6.72. The first-order chi connectivity index (χ1) is 9.96. The molecule has 0 amide bonds. The van der Waals surface area contributed by atoms with Gasteiger partial charge in [-0.3, -0.25) is 0 Å². The Morgan fingerprint density at radius 3 is 2.33 bits per heavy atom. The second-order valence-corrected chi connectivity index (χ2v) is 7.62. The summed E-state index contributed by atoms with van der Waals surface area (Å²) in [5.41, 5.74) is -0.158. The summed E-state index contributed by atoms with van der Waals surface area (Å²) in [6.07, 6.45) is 0. The zero-order valence-corrected chi connectivity index (χ0v) is 13.2. The molecule has 0 heterocycles. The van der Waals surface area contributed by atoms with E-state index in [4.69, 9.17) is 9.47 Å². The topological polar surface area (TPSA) is 76.4 Å². The minimum absolute atomic E-state index is 0.0253. The molecule has 2 rings (SSSR count). The maximum Gasteiger partial charge on any atom is 0.155 e. The van der Waals surface area contributed by atoms with Gasteiger partial charge in [-0.15, -0.1) is 0 Å². The Labute approximate surface area is 125 Å². The van der Waals surface area contributed by atoms with E-state index in [1.54, 1.807) is 26.2 Å². The molecule has 3 atom stereocenters. The van der Waals surface area contributed by atoms with E-state index in [1.807, 2.05) is 12.1 Å². The highest BCUT2D eigenvalue weighted by atomic mass is 32.2. The van der Waals surface area contributed by atoms with Gasteiger partial charge in [-0.25, -0.2) is 8.42 Å². The van der Waals surface area contributed by atoms with Gasteiger partial charge in [0, 0.05) is 18.8 Å². The van der Waals surface area contributed by atoms with Crippen molar-refractivity contribution in [3.8, 4) is 11.8 Å². The van der Waals surface area contributed by atoms with Gasteiger partial charge >= 0.3 is 0 Å². The normalized spacial score (nSPS) is 27.9. The molecule has 0 unspecified atom stereocenters. The van der Waals surface area contributed by atoms with Crippen LogP contribution in [-0.4, -0.2) is 40.2 Å². The third kappa shape index (κ3) is 2.52. The SMILES string of the molecule is CCS(=O)(=O)[C@@H]1[C@@H](c2ccc(OC)cc2)[C@]1(C#N)COC. The Morgan fingerprint density at radius 2 is 1.90 bits per heavy atom. The summed E-state index contributed by atoms with van der Waals surface area (Å²) in [6, 6.07) is 9.37. The van der Waals surface area contributed by atoms with Crippen molar-refractivity contribution in [3.05, 3.63) is 29.8 Å². The van der Waals surface area contributed by atoms with E-state index in [-0.39, 0.29) is 18.3 Å². The van der Waals surface area contributed by atoms with Crippen molar-refractivity contribution in [2.75, 3.05) is 26.6 Å². The average Bonchev–Trinajstić information content (AvgIpc) is 3.18. The van der Waals surface area contributed by atoms with Crippen LogP contribution in [0.4, 0.5) is 0 Å². The van der Waals surface area contributed by atoms with Crippen molar-refractivity contribution in [3.63, 3.8) is 0 Å². The van der Waals surface area contributed by atoms with Crippen LogP contribution >= 0.6 is 0 Å². The fourth-order valence-electron chi connectivity index (χ4n) is 2.97. The number of benzene rings is 1. The van der Waals surface area contributed by atoms with Crippen LogP contribution in [0.25, 0.3) is 0 Å². The molecule has 0 N–H and O–H groups in total. The van der Waals surface area contributed by atoms with Gasteiger partial charge in [0.1, 0.15) is 11.2 Å². The molecule has 6 heteroatoms. The first kappa shape index (κ1) is 15.8. The zero-order valence-electron chi connectivity index (χ0n) is 12.4. The lowest BCUT2D eigenvalue weighted by molar-refractivity contribution is 0.162. The van der Waals surface area contributed by atoms with Gasteiger partial charge in [0.05, 0.1) is 25.0 Å². The monoisotopic (exact) mass is 309 g/mol. The van der Waals surface area contributed by atoms with E-state index < -0.39 is 20.5 Å². The van der Waals surface area contributed by atoms with Gasteiger partial charge in [0.15, 0.2) is 9.84 Å². The van der Waals surface area contributed by atoms with Gasteiger partial charge in [-0.05, 0) is 17.7 Å². The third-order valence-corrected chi connectivity index (χ3v) is 6.38. The first-order valence-corrected chi connectivity index (χ1v) is 8.44. The van der Waals surface area contributed by atoms with Crippen LogP contribution in [0.3, 0.4) is 0 Å². The van der Waals surface area contributed by atoms with E-state index in [0.29, 0.717) is 5.75 Å². The second-order valence-electron chi connectivity index (χ2n) is 5.21. The van der Waals surface area contributed by atoms with Crippen molar-refractivity contribution in [2.24, 2.45) is 5.41 Å². The summed E-state index contributed by atoms with van der Waals surface area (Å²) in [6.45, 7) is 1.72. The number of sulfone groups is 1. The summed E-state index contributed by atoms with van der Waals surface area (Å²) >= 11 is 0. The minimum Gasteiger partial charge on any atom is -0.497 e. The molecular formula is C15H19NO4S. The summed E-state index contributed by atoms with van der Waals surface area (Å²) in [5.74, 6) is 0.374. The molecule has 0 saturated heterocycles. The molecule has 1 aromatic carbocycles. The highest BCUT2D eigenvalue weighted by Gasteiger charge is 2.71. The Bertz CT molecular complexity index is 647. The van der Waals surface area contributed by atoms with Crippen LogP contribution < -0.4 is 4.74 Å². The molecule has 1 aromatic rings. The maximum absolute atomic E-state index is 12.3. The Kier molecular flexibility index (Phi) is 4.26. The van der Waals surface area contributed by atoms with Gasteiger partial charge in [-0.1, -0.05) is 19.1 Å². The van der Waals surface area contributed by atoms with Crippen LogP contribution in [-0.2, 0) is 14.6 Å². The highest BCUT2D eigenvalue weighted by molar-refractivity contribution is 7.92.